The van der Waals surface area contributed by atoms with Gasteiger partial charge in [0.25, 0.3) is 5.91 Å². The van der Waals surface area contributed by atoms with E-state index in [4.69, 9.17) is 0 Å². The summed E-state index contributed by atoms with van der Waals surface area (Å²) >= 11 is 0. The van der Waals surface area contributed by atoms with Gasteiger partial charge in [0, 0.05) is 49.4 Å². The molecular weight excluding hydrogens is 400 g/mol. The lowest BCUT2D eigenvalue weighted by Crippen LogP contribution is -2.30. The van der Waals surface area contributed by atoms with Crippen LogP contribution in [0, 0.1) is 0 Å². The second kappa shape index (κ2) is 9.60. The Labute approximate surface area is 176 Å². The van der Waals surface area contributed by atoms with Crippen molar-refractivity contribution in [1.82, 2.24) is 19.6 Å². The number of nitrogens with one attached hydrogen (secondary N) is 1. The van der Waals surface area contributed by atoms with E-state index in [1.165, 1.54) is 28.6 Å². The van der Waals surface area contributed by atoms with Crippen LogP contribution in [0.3, 0.4) is 0 Å². The van der Waals surface area contributed by atoms with Gasteiger partial charge in [-0.2, -0.15) is 4.31 Å². The van der Waals surface area contributed by atoms with Crippen LogP contribution >= 0.6 is 0 Å². The molecule has 2 aromatic heterocycles. The molecule has 0 aliphatic heterocycles. The summed E-state index contributed by atoms with van der Waals surface area (Å²) in [5.41, 5.74) is 2.87. The van der Waals surface area contributed by atoms with Crippen LogP contribution in [0.15, 0.2) is 72.0 Å². The van der Waals surface area contributed by atoms with Gasteiger partial charge in [-0.05, 0) is 48.0 Å². The molecule has 156 valence electrons. The summed E-state index contributed by atoms with van der Waals surface area (Å²) in [6.45, 7) is 4.66. The molecule has 1 aromatic carbocycles. The Morgan fingerprint density at radius 3 is 2.33 bits per heavy atom. The molecule has 1 amide bonds. The predicted octanol–water partition coefficient (Wildman–Crippen LogP) is 3.10. The second-order valence-electron chi connectivity index (χ2n) is 6.55. The summed E-state index contributed by atoms with van der Waals surface area (Å²) in [6, 6.07) is 13.4. The molecule has 3 aromatic rings. The first-order valence-electron chi connectivity index (χ1n) is 9.70. The standard InChI is InChI=1S/C22H24N4O3S/c1-3-26(4-2)30(28,29)20-11-9-17(10-12-20)22(27)25-16-19-8-6-14-24-21(19)18-7-5-13-23-15-18/h5-15H,3-4,16H2,1-2H3,(H,25,27). The molecule has 30 heavy (non-hydrogen) atoms. The average molecular weight is 425 g/mol. The third kappa shape index (κ3) is 4.72. The minimum absolute atomic E-state index is 0.175. The quantitative estimate of drug-likeness (QED) is 0.600. The SMILES string of the molecule is CCN(CC)S(=O)(=O)c1ccc(C(=O)NCc2cccnc2-c2cccnc2)cc1. The van der Waals surface area contributed by atoms with E-state index in [2.05, 4.69) is 15.3 Å². The molecule has 8 heteroatoms. The van der Waals surface area contributed by atoms with E-state index in [0.717, 1.165) is 16.8 Å². The van der Waals surface area contributed by atoms with Crippen molar-refractivity contribution in [3.05, 3.63) is 78.2 Å². The summed E-state index contributed by atoms with van der Waals surface area (Å²) in [5, 5.41) is 2.87. The van der Waals surface area contributed by atoms with Crippen molar-refractivity contribution in [1.29, 1.82) is 0 Å². The van der Waals surface area contributed by atoms with Crippen molar-refractivity contribution in [3.8, 4) is 11.3 Å². The molecule has 0 spiro atoms. The van der Waals surface area contributed by atoms with Crippen molar-refractivity contribution in [2.45, 2.75) is 25.3 Å². The Kier molecular flexibility index (Phi) is 6.91. The lowest BCUT2D eigenvalue weighted by Gasteiger charge is -2.18. The molecule has 1 N–H and O–H groups in total. The van der Waals surface area contributed by atoms with Crippen LogP contribution in [0.4, 0.5) is 0 Å². The van der Waals surface area contributed by atoms with Crippen LogP contribution in [0.1, 0.15) is 29.8 Å². The van der Waals surface area contributed by atoms with Gasteiger partial charge in [-0.25, -0.2) is 8.42 Å². The van der Waals surface area contributed by atoms with E-state index in [1.54, 1.807) is 32.4 Å². The summed E-state index contributed by atoms with van der Waals surface area (Å²) in [7, 11) is -3.55. The van der Waals surface area contributed by atoms with Crippen LogP contribution < -0.4 is 5.32 Å². The number of pyridine rings is 2. The van der Waals surface area contributed by atoms with Crippen LogP contribution in [-0.4, -0.2) is 41.7 Å². The zero-order valence-corrected chi connectivity index (χ0v) is 17.8. The number of amides is 1. The maximum absolute atomic E-state index is 12.6. The summed E-state index contributed by atoms with van der Waals surface area (Å²) in [4.78, 5) is 21.3. The smallest absolute Gasteiger partial charge is 0.251 e. The monoisotopic (exact) mass is 424 g/mol. The third-order valence-corrected chi connectivity index (χ3v) is 6.79. The van der Waals surface area contributed by atoms with E-state index in [-0.39, 0.29) is 17.3 Å². The van der Waals surface area contributed by atoms with Crippen LogP contribution in [-0.2, 0) is 16.6 Å². The first-order valence-corrected chi connectivity index (χ1v) is 11.1. The van der Waals surface area contributed by atoms with Crippen molar-refractivity contribution in [2.75, 3.05) is 13.1 Å². The summed E-state index contributed by atoms with van der Waals surface area (Å²) in [6.07, 6.45) is 5.11. The van der Waals surface area contributed by atoms with Gasteiger partial charge in [0.15, 0.2) is 0 Å². The van der Waals surface area contributed by atoms with Crippen LogP contribution in [0.2, 0.25) is 0 Å². The van der Waals surface area contributed by atoms with Gasteiger partial charge < -0.3 is 5.32 Å². The number of sulfonamides is 1. The highest BCUT2D eigenvalue weighted by atomic mass is 32.2. The molecule has 7 nitrogen and oxygen atoms in total. The number of hydrogen-bond donors (Lipinski definition) is 1. The zero-order valence-electron chi connectivity index (χ0n) is 16.9. The minimum atomic E-state index is -3.55. The van der Waals surface area contributed by atoms with E-state index in [1.807, 2.05) is 24.3 Å². The molecule has 0 bridgehead atoms. The van der Waals surface area contributed by atoms with Gasteiger partial charge >= 0.3 is 0 Å². The number of hydrogen-bond acceptors (Lipinski definition) is 5. The number of benzene rings is 1. The number of aromatic nitrogens is 2. The van der Waals surface area contributed by atoms with E-state index >= 15 is 0 Å². The van der Waals surface area contributed by atoms with E-state index < -0.39 is 10.0 Å². The maximum Gasteiger partial charge on any atom is 0.251 e. The van der Waals surface area contributed by atoms with E-state index in [9.17, 15) is 13.2 Å². The molecule has 0 atom stereocenters. The van der Waals surface area contributed by atoms with Gasteiger partial charge in [-0.15, -0.1) is 0 Å². The maximum atomic E-state index is 12.6. The molecule has 0 unspecified atom stereocenters. The first-order chi connectivity index (χ1) is 14.5. The summed E-state index contributed by atoms with van der Waals surface area (Å²) in [5.74, 6) is -0.289. The largest absolute Gasteiger partial charge is 0.348 e. The fourth-order valence-corrected chi connectivity index (χ4v) is 4.57. The highest BCUT2D eigenvalue weighted by Gasteiger charge is 2.21. The lowest BCUT2D eigenvalue weighted by molar-refractivity contribution is 0.0951. The average Bonchev–Trinajstić information content (AvgIpc) is 2.79. The second-order valence-corrected chi connectivity index (χ2v) is 8.49. The zero-order chi connectivity index (χ0) is 21.6. The molecule has 0 saturated carbocycles. The van der Waals surface area contributed by atoms with Crippen LogP contribution in [0.5, 0.6) is 0 Å². The molecule has 0 aliphatic rings. The Morgan fingerprint density at radius 2 is 1.70 bits per heavy atom. The number of carbonyl (C=O) groups excluding carboxylic acids is 1. The van der Waals surface area contributed by atoms with Gasteiger partial charge in [0.05, 0.1) is 10.6 Å². The molecule has 2 heterocycles. The van der Waals surface area contributed by atoms with Crippen molar-refractivity contribution < 1.29 is 13.2 Å². The van der Waals surface area contributed by atoms with Crippen molar-refractivity contribution >= 4 is 15.9 Å². The van der Waals surface area contributed by atoms with Crippen LogP contribution in [0.25, 0.3) is 11.3 Å². The predicted molar refractivity (Wildman–Crippen MR) is 115 cm³/mol. The third-order valence-electron chi connectivity index (χ3n) is 4.73. The van der Waals surface area contributed by atoms with Gasteiger partial charge in [-0.3, -0.25) is 14.8 Å². The van der Waals surface area contributed by atoms with Crippen molar-refractivity contribution in [3.63, 3.8) is 0 Å². The molecular formula is C22H24N4O3S. The Morgan fingerprint density at radius 1 is 1.00 bits per heavy atom. The van der Waals surface area contributed by atoms with Gasteiger partial charge in [-0.1, -0.05) is 19.9 Å². The Hall–Kier alpha value is -3.10. The number of rotatable bonds is 8. The first kappa shape index (κ1) is 21.6. The Bertz CT molecular complexity index is 1100. The summed E-state index contributed by atoms with van der Waals surface area (Å²) < 4.78 is 26.5. The molecule has 3 rings (SSSR count). The highest BCUT2D eigenvalue weighted by Crippen LogP contribution is 2.20. The molecule has 0 radical (unpaired) electrons. The van der Waals surface area contributed by atoms with Gasteiger partial charge in [0.1, 0.15) is 0 Å². The highest BCUT2D eigenvalue weighted by molar-refractivity contribution is 7.89. The normalized spacial score (nSPS) is 11.4. The fourth-order valence-electron chi connectivity index (χ4n) is 3.11. The van der Waals surface area contributed by atoms with E-state index in [0.29, 0.717) is 18.7 Å². The topological polar surface area (TPSA) is 92.3 Å². The molecule has 0 aliphatic carbocycles. The lowest BCUT2D eigenvalue weighted by atomic mass is 10.1. The fraction of sp³-hybridized carbons (Fsp3) is 0.227. The van der Waals surface area contributed by atoms with Crippen molar-refractivity contribution in [2.24, 2.45) is 0 Å². The molecule has 0 fully saturated rings. The Balaban J connectivity index is 1.73. The van der Waals surface area contributed by atoms with Gasteiger partial charge in [0.2, 0.25) is 10.0 Å². The number of nitrogens with zero attached hydrogens (tertiary/aromatic N) is 3. The minimum Gasteiger partial charge on any atom is -0.348 e. The molecule has 0 saturated heterocycles. The number of carbonyl (C=O) groups is 1.